The van der Waals surface area contributed by atoms with Crippen LogP contribution in [0.15, 0.2) is 23.4 Å². The van der Waals surface area contributed by atoms with E-state index in [1.807, 2.05) is 24.5 Å². The molecule has 1 aliphatic rings. The van der Waals surface area contributed by atoms with Crippen molar-refractivity contribution in [2.75, 3.05) is 25.6 Å². The maximum Gasteiger partial charge on any atom is 0.223 e. The van der Waals surface area contributed by atoms with E-state index in [0.717, 1.165) is 29.5 Å². The van der Waals surface area contributed by atoms with Crippen molar-refractivity contribution in [3.8, 4) is 5.75 Å². The van der Waals surface area contributed by atoms with Crippen molar-refractivity contribution in [2.45, 2.75) is 24.8 Å². The number of methoxy groups -OCH3 is 1. The van der Waals surface area contributed by atoms with Gasteiger partial charge in [0.1, 0.15) is 17.1 Å². The number of benzene rings is 1. The van der Waals surface area contributed by atoms with Crippen LogP contribution >= 0.6 is 11.8 Å². The lowest BCUT2D eigenvalue weighted by molar-refractivity contribution is 0.200. The number of fused-ring (bicyclic) bond motifs is 4. The molecule has 5 rings (SSSR count). The number of nitrogens with zero attached hydrogens (tertiary/aromatic N) is 8. The summed E-state index contributed by atoms with van der Waals surface area (Å²) in [6.07, 6.45) is 2.02. The molecule has 11 heteroatoms. The third-order valence-corrected chi connectivity index (χ3v) is 5.57. The SMILES string of the molecule is COc1cccc2c1nc(N)n1nc(CN3CCn4c(nnc4SC)C3)nc21. The number of anilines is 1. The monoisotopic (exact) mass is 397 g/mol. The molecule has 144 valence electrons. The molecule has 0 aliphatic carbocycles. The van der Waals surface area contributed by atoms with Crippen LogP contribution in [-0.4, -0.2) is 59.2 Å². The zero-order chi connectivity index (χ0) is 19.3. The van der Waals surface area contributed by atoms with Gasteiger partial charge in [0.2, 0.25) is 5.95 Å². The van der Waals surface area contributed by atoms with Gasteiger partial charge in [-0.3, -0.25) is 4.90 Å². The summed E-state index contributed by atoms with van der Waals surface area (Å²) in [4.78, 5) is 11.4. The first-order valence-corrected chi connectivity index (χ1v) is 10.1. The van der Waals surface area contributed by atoms with E-state index in [9.17, 15) is 0 Å². The van der Waals surface area contributed by atoms with Crippen LogP contribution in [0.5, 0.6) is 5.75 Å². The van der Waals surface area contributed by atoms with E-state index >= 15 is 0 Å². The fraction of sp³-hybridized carbons (Fsp3) is 0.353. The largest absolute Gasteiger partial charge is 0.494 e. The van der Waals surface area contributed by atoms with Gasteiger partial charge in [0, 0.05) is 18.5 Å². The van der Waals surface area contributed by atoms with Gasteiger partial charge in [-0.1, -0.05) is 17.8 Å². The van der Waals surface area contributed by atoms with Crippen LogP contribution in [0.3, 0.4) is 0 Å². The van der Waals surface area contributed by atoms with Crippen molar-refractivity contribution < 1.29 is 4.74 Å². The molecular weight excluding hydrogens is 378 g/mol. The van der Waals surface area contributed by atoms with Gasteiger partial charge in [-0.15, -0.1) is 15.3 Å². The standard InChI is InChI=1S/C17H19N9OS/c1-27-11-5-3-4-10-14(11)20-16(18)26-15(10)19-12(23-26)8-24-6-7-25-13(9-24)21-22-17(25)28-2/h3-5H,6-9H2,1-2H3,(H2,18,20). The van der Waals surface area contributed by atoms with Crippen molar-refractivity contribution >= 4 is 34.3 Å². The molecule has 0 bridgehead atoms. The number of thioether (sulfide) groups is 1. The van der Waals surface area contributed by atoms with Crippen LogP contribution in [0.25, 0.3) is 16.6 Å². The number of hydrogen-bond donors (Lipinski definition) is 1. The average molecular weight is 397 g/mol. The Kier molecular flexibility index (Phi) is 4.05. The van der Waals surface area contributed by atoms with E-state index in [4.69, 9.17) is 15.5 Å². The van der Waals surface area contributed by atoms with E-state index < -0.39 is 0 Å². The second-order valence-corrected chi connectivity index (χ2v) is 7.33. The summed E-state index contributed by atoms with van der Waals surface area (Å²) >= 11 is 1.62. The first-order chi connectivity index (χ1) is 13.7. The molecular formula is C17H19N9OS. The zero-order valence-electron chi connectivity index (χ0n) is 15.5. The fourth-order valence-corrected chi connectivity index (χ4v) is 4.11. The van der Waals surface area contributed by atoms with E-state index in [1.54, 1.807) is 23.4 Å². The molecule has 3 aromatic heterocycles. The van der Waals surface area contributed by atoms with Crippen molar-refractivity contribution in [2.24, 2.45) is 0 Å². The Morgan fingerprint density at radius 2 is 2.11 bits per heavy atom. The summed E-state index contributed by atoms with van der Waals surface area (Å²) in [6.45, 7) is 3.06. The van der Waals surface area contributed by atoms with Crippen LogP contribution in [0, 0.1) is 0 Å². The number of para-hydroxylation sites is 1. The summed E-state index contributed by atoms with van der Waals surface area (Å²) in [6, 6.07) is 5.72. The normalized spacial score (nSPS) is 14.6. The summed E-state index contributed by atoms with van der Waals surface area (Å²) in [5.41, 5.74) is 7.50. The summed E-state index contributed by atoms with van der Waals surface area (Å²) in [7, 11) is 1.61. The van der Waals surface area contributed by atoms with E-state index in [-0.39, 0.29) is 5.95 Å². The Bertz CT molecular complexity index is 1180. The fourth-order valence-electron chi connectivity index (χ4n) is 3.57. The second kappa shape index (κ2) is 6.60. The lowest BCUT2D eigenvalue weighted by Crippen LogP contribution is -2.33. The number of ether oxygens (including phenoxy) is 1. The first kappa shape index (κ1) is 17.2. The van der Waals surface area contributed by atoms with Gasteiger partial charge in [-0.25, -0.2) is 9.97 Å². The first-order valence-electron chi connectivity index (χ1n) is 8.84. The molecule has 0 radical (unpaired) electrons. The summed E-state index contributed by atoms with van der Waals surface area (Å²) in [5, 5.41) is 14.9. The Hall–Kier alpha value is -2.92. The third kappa shape index (κ3) is 2.66. The number of rotatable bonds is 4. The van der Waals surface area contributed by atoms with Gasteiger partial charge in [0.15, 0.2) is 16.6 Å². The van der Waals surface area contributed by atoms with Gasteiger partial charge in [0.25, 0.3) is 0 Å². The van der Waals surface area contributed by atoms with Gasteiger partial charge in [0.05, 0.1) is 20.2 Å². The number of nitrogen functional groups attached to an aromatic ring is 1. The van der Waals surface area contributed by atoms with Crippen molar-refractivity contribution in [3.05, 3.63) is 29.8 Å². The highest BCUT2D eigenvalue weighted by Gasteiger charge is 2.22. The van der Waals surface area contributed by atoms with Gasteiger partial charge >= 0.3 is 0 Å². The molecule has 0 atom stereocenters. The number of nitrogens with two attached hydrogens (primary N) is 1. The van der Waals surface area contributed by atoms with E-state index in [2.05, 4.69) is 29.7 Å². The van der Waals surface area contributed by atoms with Gasteiger partial charge in [-0.2, -0.15) is 4.52 Å². The molecule has 2 N–H and O–H groups in total. The van der Waals surface area contributed by atoms with Crippen molar-refractivity contribution in [3.63, 3.8) is 0 Å². The molecule has 0 saturated carbocycles. The van der Waals surface area contributed by atoms with Crippen LogP contribution in [0.1, 0.15) is 11.6 Å². The smallest absolute Gasteiger partial charge is 0.223 e. The molecule has 1 aromatic carbocycles. The Morgan fingerprint density at radius 3 is 2.93 bits per heavy atom. The molecule has 28 heavy (non-hydrogen) atoms. The third-order valence-electron chi connectivity index (χ3n) is 4.90. The Balaban J connectivity index is 1.49. The molecule has 0 saturated heterocycles. The maximum absolute atomic E-state index is 6.13. The highest BCUT2D eigenvalue weighted by atomic mass is 32.2. The minimum Gasteiger partial charge on any atom is -0.494 e. The van der Waals surface area contributed by atoms with Crippen molar-refractivity contribution in [1.82, 2.24) is 39.2 Å². The minimum atomic E-state index is 0.286. The molecule has 4 heterocycles. The topological polar surface area (TPSA) is 112 Å². The van der Waals surface area contributed by atoms with Crippen LogP contribution in [-0.2, 0) is 19.6 Å². The summed E-state index contributed by atoms with van der Waals surface area (Å²) in [5.74, 6) is 2.61. The van der Waals surface area contributed by atoms with Crippen LogP contribution in [0.4, 0.5) is 5.95 Å². The number of hydrogen-bond acceptors (Lipinski definition) is 9. The van der Waals surface area contributed by atoms with E-state index in [1.165, 1.54) is 0 Å². The summed E-state index contributed by atoms with van der Waals surface area (Å²) < 4.78 is 9.16. The minimum absolute atomic E-state index is 0.286. The molecule has 1 aliphatic heterocycles. The van der Waals surface area contributed by atoms with Crippen molar-refractivity contribution in [1.29, 1.82) is 0 Å². The Morgan fingerprint density at radius 1 is 1.21 bits per heavy atom. The lowest BCUT2D eigenvalue weighted by atomic mass is 10.2. The quantitative estimate of drug-likeness (QED) is 0.508. The van der Waals surface area contributed by atoms with Crippen LogP contribution < -0.4 is 10.5 Å². The predicted molar refractivity (Wildman–Crippen MR) is 105 cm³/mol. The lowest BCUT2D eigenvalue weighted by Gasteiger charge is -2.26. The van der Waals surface area contributed by atoms with Crippen LogP contribution in [0.2, 0.25) is 0 Å². The molecule has 10 nitrogen and oxygen atoms in total. The Labute approximate surface area is 164 Å². The number of aromatic nitrogens is 7. The predicted octanol–water partition coefficient (Wildman–Crippen LogP) is 1.20. The maximum atomic E-state index is 6.13. The zero-order valence-corrected chi connectivity index (χ0v) is 16.3. The van der Waals surface area contributed by atoms with Gasteiger partial charge in [-0.05, 0) is 18.4 Å². The molecule has 0 unspecified atom stereocenters. The highest BCUT2D eigenvalue weighted by molar-refractivity contribution is 7.98. The molecule has 0 spiro atoms. The van der Waals surface area contributed by atoms with E-state index in [0.29, 0.717) is 35.8 Å². The second-order valence-electron chi connectivity index (χ2n) is 6.56. The molecule has 4 aromatic rings. The molecule has 0 amide bonds. The molecule has 0 fully saturated rings. The highest BCUT2D eigenvalue weighted by Crippen LogP contribution is 2.27. The average Bonchev–Trinajstić information content (AvgIpc) is 3.31. The van der Waals surface area contributed by atoms with Gasteiger partial charge < -0.3 is 15.0 Å².